The maximum absolute atomic E-state index is 11.8. The molecule has 1 amide bonds. The molecule has 0 rings (SSSR count). The van der Waals surface area contributed by atoms with E-state index in [0.717, 1.165) is 12.8 Å². The van der Waals surface area contributed by atoms with Crippen molar-refractivity contribution in [2.75, 3.05) is 26.7 Å². The number of amides is 1. The predicted molar refractivity (Wildman–Crippen MR) is 62.6 cm³/mol. The predicted octanol–water partition coefficient (Wildman–Crippen LogP) is -0.254. The van der Waals surface area contributed by atoms with E-state index in [1.54, 1.807) is 12.2 Å². The normalized spacial score (nSPS) is 10.1. The molecule has 0 radical (unpaired) electrons. The SMILES string of the molecule is C=CC[N+](C)(CC=C)C(=O)OCCCC.[Cl-]. The molecule has 0 aromatic carbocycles. The van der Waals surface area contributed by atoms with Crippen LogP contribution in [0.5, 0.6) is 0 Å². The Hall–Kier alpha value is -0.800. The van der Waals surface area contributed by atoms with E-state index in [4.69, 9.17) is 4.74 Å². The number of halogens is 1. The average molecular weight is 248 g/mol. The molecule has 4 heteroatoms. The van der Waals surface area contributed by atoms with Crippen LogP contribution in [0.4, 0.5) is 4.79 Å². The molecule has 3 nitrogen and oxygen atoms in total. The van der Waals surface area contributed by atoms with Crippen molar-refractivity contribution in [2.45, 2.75) is 19.8 Å². The van der Waals surface area contributed by atoms with E-state index >= 15 is 0 Å². The van der Waals surface area contributed by atoms with Gasteiger partial charge in [0.05, 0.1) is 13.7 Å². The first-order valence-corrected chi connectivity index (χ1v) is 5.34. The highest BCUT2D eigenvalue weighted by atomic mass is 35.5. The van der Waals surface area contributed by atoms with Crippen molar-refractivity contribution in [1.29, 1.82) is 0 Å². The highest BCUT2D eigenvalue weighted by Crippen LogP contribution is 2.07. The zero-order chi connectivity index (χ0) is 11.7. The quantitative estimate of drug-likeness (QED) is 0.352. The fourth-order valence-corrected chi connectivity index (χ4v) is 1.25. The van der Waals surface area contributed by atoms with Crippen LogP contribution < -0.4 is 12.4 Å². The summed E-state index contributed by atoms with van der Waals surface area (Å²) >= 11 is 0. The number of ether oxygens (including phenoxy) is 1. The van der Waals surface area contributed by atoms with E-state index in [1.807, 2.05) is 7.05 Å². The third-order valence-electron chi connectivity index (χ3n) is 2.23. The van der Waals surface area contributed by atoms with E-state index in [9.17, 15) is 4.79 Å². The summed E-state index contributed by atoms with van der Waals surface area (Å²) < 4.78 is 5.38. The summed E-state index contributed by atoms with van der Waals surface area (Å²) in [5.41, 5.74) is 0. The summed E-state index contributed by atoms with van der Waals surface area (Å²) in [5, 5.41) is 0. The first kappa shape index (κ1) is 17.6. The highest BCUT2D eigenvalue weighted by molar-refractivity contribution is 5.59. The van der Waals surface area contributed by atoms with Crippen LogP contribution in [-0.2, 0) is 4.74 Å². The molecule has 0 bridgehead atoms. The van der Waals surface area contributed by atoms with Crippen molar-refractivity contribution >= 4 is 6.09 Å². The van der Waals surface area contributed by atoms with Gasteiger partial charge in [-0.2, -0.15) is 4.79 Å². The standard InChI is InChI=1S/C12H22NO2.ClH/c1-5-8-11-15-12(14)13(4,9-6-2)10-7-3;/h6-7H,2-3,5,8-11H2,1,4H3;1H/q+1;/p-1. The summed E-state index contributed by atoms with van der Waals surface area (Å²) in [4.78, 5) is 11.8. The molecular weight excluding hydrogens is 226 g/mol. The number of carbonyl (C=O) groups excluding carboxylic acids is 1. The molecule has 0 heterocycles. The lowest BCUT2D eigenvalue weighted by Crippen LogP contribution is -3.00. The van der Waals surface area contributed by atoms with Gasteiger partial charge in [-0.1, -0.05) is 26.5 Å². The maximum Gasteiger partial charge on any atom is 0.516 e. The lowest BCUT2D eigenvalue weighted by atomic mass is 10.3. The molecule has 0 aromatic rings. The Morgan fingerprint density at radius 1 is 1.31 bits per heavy atom. The van der Waals surface area contributed by atoms with Crippen molar-refractivity contribution in [1.82, 2.24) is 0 Å². The second-order valence-corrected chi connectivity index (χ2v) is 3.81. The first-order chi connectivity index (χ1) is 7.10. The molecule has 0 spiro atoms. The number of carbonyl (C=O) groups is 1. The minimum Gasteiger partial charge on any atom is -1.00 e. The Balaban J connectivity index is 0. The molecule has 0 unspecified atom stereocenters. The second kappa shape index (κ2) is 9.43. The average Bonchev–Trinajstić information content (AvgIpc) is 2.18. The molecule has 0 saturated carbocycles. The zero-order valence-electron chi connectivity index (χ0n) is 10.2. The van der Waals surface area contributed by atoms with Gasteiger partial charge in [0.25, 0.3) is 0 Å². The largest absolute Gasteiger partial charge is 1.00 e. The van der Waals surface area contributed by atoms with Gasteiger partial charge in [0, 0.05) is 0 Å². The lowest BCUT2D eigenvalue weighted by molar-refractivity contribution is -0.825. The molecule has 0 aromatic heterocycles. The number of rotatable bonds is 7. The Morgan fingerprint density at radius 2 is 1.81 bits per heavy atom. The van der Waals surface area contributed by atoms with Crippen LogP contribution in [0.15, 0.2) is 25.3 Å². The highest BCUT2D eigenvalue weighted by Gasteiger charge is 2.30. The number of hydrogen-bond donors (Lipinski definition) is 0. The van der Waals surface area contributed by atoms with Gasteiger partial charge in [0.15, 0.2) is 0 Å². The Labute approximate surface area is 105 Å². The lowest BCUT2D eigenvalue weighted by Gasteiger charge is -2.27. The number of quaternary nitrogens is 1. The fraction of sp³-hybridized carbons (Fsp3) is 0.583. The van der Waals surface area contributed by atoms with Crippen LogP contribution in [0, 0.1) is 0 Å². The Morgan fingerprint density at radius 3 is 2.19 bits per heavy atom. The summed E-state index contributed by atoms with van der Waals surface area (Å²) in [6.45, 7) is 11.0. The van der Waals surface area contributed by atoms with Crippen LogP contribution >= 0.6 is 0 Å². The van der Waals surface area contributed by atoms with E-state index in [2.05, 4.69) is 20.1 Å². The topological polar surface area (TPSA) is 26.3 Å². The van der Waals surface area contributed by atoms with E-state index in [-0.39, 0.29) is 23.0 Å². The van der Waals surface area contributed by atoms with E-state index < -0.39 is 0 Å². The molecule has 0 saturated heterocycles. The first-order valence-electron chi connectivity index (χ1n) is 5.34. The number of unbranched alkanes of at least 4 members (excludes halogenated alkanes) is 1. The van der Waals surface area contributed by atoms with Crippen LogP contribution in [0.3, 0.4) is 0 Å². The second-order valence-electron chi connectivity index (χ2n) is 3.81. The minimum atomic E-state index is -0.205. The minimum absolute atomic E-state index is 0. The monoisotopic (exact) mass is 247 g/mol. The van der Waals surface area contributed by atoms with E-state index in [0.29, 0.717) is 19.7 Å². The molecular formula is C12H22ClNO2. The van der Waals surface area contributed by atoms with Crippen molar-refractivity contribution in [3.63, 3.8) is 0 Å². The maximum atomic E-state index is 11.8. The third kappa shape index (κ3) is 5.93. The van der Waals surface area contributed by atoms with Crippen LogP contribution in [0.2, 0.25) is 0 Å². The molecule has 0 N–H and O–H groups in total. The smallest absolute Gasteiger partial charge is 0.516 e. The third-order valence-corrected chi connectivity index (χ3v) is 2.23. The van der Waals surface area contributed by atoms with Gasteiger partial charge in [-0.25, -0.2) is 4.48 Å². The Kier molecular flexibility index (Phi) is 10.4. The zero-order valence-corrected chi connectivity index (χ0v) is 11.0. The van der Waals surface area contributed by atoms with Crippen molar-refractivity contribution in [3.8, 4) is 0 Å². The molecule has 0 fully saturated rings. The van der Waals surface area contributed by atoms with Gasteiger partial charge in [0.2, 0.25) is 0 Å². The summed E-state index contributed by atoms with van der Waals surface area (Å²) in [6.07, 6.45) is 5.19. The van der Waals surface area contributed by atoms with Gasteiger partial charge in [-0.3, -0.25) is 0 Å². The van der Waals surface area contributed by atoms with Crippen molar-refractivity contribution < 1.29 is 26.4 Å². The number of nitrogens with zero attached hydrogens (tertiary/aromatic N) is 1. The molecule has 16 heavy (non-hydrogen) atoms. The molecule has 94 valence electrons. The van der Waals surface area contributed by atoms with Gasteiger partial charge in [-0.05, 0) is 18.6 Å². The molecule has 0 aliphatic heterocycles. The summed E-state index contributed by atoms with van der Waals surface area (Å²) in [7, 11) is 1.83. The molecule has 0 aliphatic carbocycles. The van der Waals surface area contributed by atoms with Crippen LogP contribution in [0.25, 0.3) is 0 Å². The fourth-order valence-electron chi connectivity index (χ4n) is 1.25. The van der Waals surface area contributed by atoms with Crippen molar-refractivity contribution in [2.24, 2.45) is 0 Å². The van der Waals surface area contributed by atoms with Gasteiger partial charge in [0.1, 0.15) is 13.1 Å². The number of hydrogen-bond acceptors (Lipinski definition) is 2. The summed E-state index contributed by atoms with van der Waals surface area (Å²) in [5.74, 6) is 0. The summed E-state index contributed by atoms with van der Waals surface area (Å²) in [6, 6.07) is 0. The van der Waals surface area contributed by atoms with Crippen LogP contribution in [-0.4, -0.2) is 37.3 Å². The molecule has 0 aliphatic rings. The van der Waals surface area contributed by atoms with Gasteiger partial charge < -0.3 is 17.1 Å². The van der Waals surface area contributed by atoms with Crippen molar-refractivity contribution in [3.05, 3.63) is 25.3 Å². The van der Waals surface area contributed by atoms with Gasteiger partial charge >= 0.3 is 6.09 Å². The van der Waals surface area contributed by atoms with Crippen LogP contribution in [0.1, 0.15) is 19.8 Å². The molecule has 0 atom stereocenters. The number of likely N-dealkylation sites (N-methyl/N-ethyl adjacent to an activating group) is 1. The van der Waals surface area contributed by atoms with E-state index in [1.165, 1.54) is 0 Å². The van der Waals surface area contributed by atoms with Gasteiger partial charge in [-0.15, -0.1) is 0 Å². The Bertz CT molecular complexity index is 219.